The second kappa shape index (κ2) is 6.15. The fourth-order valence-electron chi connectivity index (χ4n) is 3.67. The zero-order valence-electron chi connectivity index (χ0n) is 12.8. The number of likely N-dealkylation sites (N-methyl/N-ethyl adjacent to an activating group) is 1. The van der Waals surface area contributed by atoms with Crippen molar-refractivity contribution in [1.82, 2.24) is 9.80 Å². The number of hydrogen-bond acceptors (Lipinski definition) is 3. The number of fused-ring (bicyclic) bond motifs is 1. The first-order chi connectivity index (χ1) is 9.74. The van der Waals surface area contributed by atoms with Crippen molar-refractivity contribution in [1.29, 1.82) is 0 Å². The second-order valence-corrected chi connectivity index (χ2v) is 6.47. The average molecular weight is 273 g/mol. The van der Waals surface area contributed by atoms with Crippen LogP contribution in [0.3, 0.4) is 0 Å². The molecular formula is C17H27N3. The first-order valence-electron chi connectivity index (χ1n) is 7.95. The van der Waals surface area contributed by atoms with Gasteiger partial charge in [0.2, 0.25) is 0 Å². The molecule has 0 bridgehead atoms. The van der Waals surface area contributed by atoms with Gasteiger partial charge in [-0.05, 0) is 58.1 Å². The van der Waals surface area contributed by atoms with Gasteiger partial charge in [0.1, 0.15) is 0 Å². The van der Waals surface area contributed by atoms with E-state index in [1.54, 1.807) is 0 Å². The molecule has 0 amide bonds. The zero-order chi connectivity index (χ0) is 13.9. The van der Waals surface area contributed by atoms with Crippen LogP contribution in [0.5, 0.6) is 0 Å². The van der Waals surface area contributed by atoms with E-state index in [-0.39, 0.29) is 0 Å². The third kappa shape index (κ3) is 2.99. The summed E-state index contributed by atoms with van der Waals surface area (Å²) in [6.07, 6.45) is 3.90. The Morgan fingerprint density at radius 3 is 2.75 bits per heavy atom. The molecule has 3 nitrogen and oxygen atoms in total. The van der Waals surface area contributed by atoms with Gasteiger partial charge in [-0.2, -0.15) is 0 Å². The molecule has 0 aromatic heterocycles. The first-order valence-corrected chi connectivity index (χ1v) is 7.95. The molecule has 2 heterocycles. The molecule has 1 saturated heterocycles. The van der Waals surface area contributed by atoms with Crippen LogP contribution in [0.15, 0.2) is 24.3 Å². The van der Waals surface area contributed by atoms with Gasteiger partial charge in [0.15, 0.2) is 0 Å². The molecule has 2 aliphatic heterocycles. The minimum Gasteiger partial charge on any atom is -0.385 e. The lowest BCUT2D eigenvalue weighted by molar-refractivity contribution is 0.137. The third-order valence-electron chi connectivity index (χ3n) is 5.03. The Morgan fingerprint density at radius 1 is 1.20 bits per heavy atom. The van der Waals surface area contributed by atoms with Crippen LogP contribution in [0.4, 0.5) is 5.69 Å². The van der Waals surface area contributed by atoms with Gasteiger partial charge in [0.25, 0.3) is 0 Å². The second-order valence-electron chi connectivity index (χ2n) is 6.47. The SMILES string of the molecule is CN1CCC(N(C)CC2CCNc3ccccc32)CC1. The normalized spacial score (nSPS) is 24.4. The molecule has 1 fully saturated rings. The summed E-state index contributed by atoms with van der Waals surface area (Å²) in [6.45, 7) is 4.81. The molecule has 3 rings (SSSR count). The minimum atomic E-state index is 0.692. The maximum Gasteiger partial charge on any atom is 0.0376 e. The molecular weight excluding hydrogens is 246 g/mol. The number of benzene rings is 1. The third-order valence-corrected chi connectivity index (χ3v) is 5.03. The van der Waals surface area contributed by atoms with E-state index < -0.39 is 0 Å². The zero-order valence-corrected chi connectivity index (χ0v) is 12.8. The highest BCUT2D eigenvalue weighted by atomic mass is 15.2. The fourth-order valence-corrected chi connectivity index (χ4v) is 3.67. The van der Waals surface area contributed by atoms with Gasteiger partial charge < -0.3 is 15.1 Å². The van der Waals surface area contributed by atoms with Gasteiger partial charge in [-0.3, -0.25) is 0 Å². The molecule has 110 valence electrons. The van der Waals surface area contributed by atoms with E-state index in [4.69, 9.17) is 0 Å². The van der Waals surface area contributed by atoms with Crippen molar-refractivity contribution in [2.75, 3.05) is 45.6 Å². The Hall–Kier alpha value is -1.06. The highest BCUT2D eigenvalue weighted by Gasteiger charge is 2.25. The maximum atomic E-state index is 3.53. The Balaban J connectivity index is 1.63. The van der Waals surface area contributed by atoms with Gasteiger partial charge in [-0.25, -0.2) is 0 Å². The van der Waals surface area contributed by atoms with E-state index in [1.165, 1.54) is 50.1 Å². The van der Waals surface area contributed by atoms with Crippen molar-refractivity contribution >= 4 is 5.69 Å². The van der Waals surface area contributed by atoms with E-state index >= 15 is 0 Å². The van der Waals surface area contributed by atoms with Crippen molar-refractivity contribution in [3.05, 3.63) is 29.8 Å². The number of anilines is 1. The Labute approximate surface area is 123 Å². The highest BCUT2D eigenvalue weighted by Crippen LogP contribution is 2.32. The van der Waals surface area contributed by atoms with E-state index in [0.717, 1.165) is 12.6 Å². The number of nitrogens with one attached hydrogen (secondary N) is 1. The molecule has 2 aliphatic rings. The number of para-hydroxylation sites is 1. The summed E-state index contributed by atoms with van der Waals surface area (Å²) in [7, 11) is 4.56. The molecule has 20 heavy (non-hydrogen) atoms. The van der Waals surface area contributed by atoms with Crippen molar-refractivity contribution < 1.29 is 0 Å². The van der Waals surface area contributed by atoms with E-state index in [0.29, 0.717) is 5.92 Å². The number of piperidine rings is 1. The molecule has 1 atom stereocenters. The van der Waals surface area contributed by atoms with Crippen LogP contribution in [0.1, 0.15) is 30.7 Å². The fraction of sp³-hybridized carbons (Fsp3) is 0.647. The van der Waals surface area contributed by atoms with Crippen LogP contribution >= 0.6 is 0 Å². The predicted octanol–water partition coefficient (Wildman–Crippen LogP) is 2.61. The van der Waals surface area contributed by atoms with Gasteiger partial charge in [0, 0.05) is 30.7 Å². The Morgan fingerprint density at radius 2 is 1.95 bits per heavy atom. The molecule has 1 unspecified atom stereocenters. The molecule has 0 saturated carbocycles. The number of hydrogen-bond donors (Lipinski definition) is 1. The molecule has 1 N–H and O–H groups in total. The first kappa shape index (κ1) is 13.9. The van der Waals surface area contributed by atoms with Crippen molar-refractivity contribution in [3.8, 4) is 0 Å². The summed E-state index contributed by atoms with van der Waals surface area (Å²) in [5.41, 5.74) is 2.86. The standard InChI is InChI=1S/C17H27N3/c1-19-11-8-15(9-12-19)20(2)13-14-7-10-18-17-6-4-3-5-16(14)17/h3-6,14-15,18H,7-13H2,1-2H3. The van der Waals surface area contributed by atoms with Crippen LogP contribution in [0.2, 0.25) is 0 Å². The lowest BCUT2D eigenvalue weighted by Crippen LogP contribution is -2.43. The van der Waals surface area contributed by atoms with Crippen LogP contribution in [0.25, 0.3) is 0 Å². The van der Waals surface area contributed by atoms with Gasteiger partial charge in [0.05, 0.1) is 0 Å². The lowest BCUT2D eigenvalue weighted by Gasteiger charge is -2.38. The molecule has 0 radical (unpaired) electrons. The minimum absolute atomic E-state index is 0.692. The smallest absolute Gasteiger partial charge is 0.0376 e. The van der Waals surface area contributed by atoms with Crippen molar-refractivity contribution in [2.24, 2.45) is 0 Å². The van der Waals surface area contributed by atoms with Crippen molar-refractivity contribution in [2.45, 2.75) is 31.2 Å². The molecule has 1 aromatic rings. The average Bonchev–Trinajstić information content (AvgIpc) is 2.48. The quantitative estimate of drug-likeness (QED) is 0.913. The highest BCUT2D eigenvalue weighted by molar-refractivity contribution is 5.54. The molecule has 0 aliphatic carbocycles. The van der Waals surface area contributed by atoms with Crippen molar-refractivity contribution in [3.63, 3.8) is 0 Å². The largest absolute Gasteiger partial charge is 0.385 e. The molecule has 0 spiro atoms. The summed E-state index contributed by atoms with van der Waals surface area (Å²) in [5.74, 6) is 0.692. The predicted molar refractivity (Wildman–Crippen MR) is 85.4 cm³/mol. The lowest BCUT2D eigenvalue weighted by atomic mass is 9.90. The monoisotopic (exact) mass is 273 g/mol. The van der Waals surface area contributed by atoms with E-state index in [9.17, 15) is 0 Å². The molecule has 1 aromatic carbocycles. The number of nitrogens with zero attached hydrogens (tertiary/aromatic N) is 2. The summed E-state index contributed by atoms with van der Waals surface area (Å²) >= 11 is 0. The number of likely N-dealkylation sites (tertiary alicyclic amines) is 1. The molecule has 3 heteroatoms. The summed E-state index contributed by atoms with van der Waals surface area (Å²) in [6, 6.07) is 9.60. The van der Waals surface area contributed by atoms with Gasteiger partial charge in [-0.15, -0.1) is 0 Å². The van der Waals surface area contributed by atoms with Crippen LogP contribution in [-0.4, -0.2) is 56.1 Å². The van der Waals surface area contributed by atoms with Crippen LogP contribution in [-0.2, 0) is 0 Å². The number of rotatable bonds is 3. The summed E-state index contributed by atoms with van der Waals surface area (Å²) < 4.78 is 0. The van der Waals surface area contributed by atoms with E-state index in [2.05, 4.69) is 53.5 Å². The Kier molecular flexibility index (Phi) is 4.27. The summed E-state index contributed by atoms with van der Waals surface area (Å²) in [4.78, 5) is 5.06. The summed E-state index contributed by atoms with van der Waals surface area (Å²) in [5, 5.41) is 3.53. The maximum absolute atomic E-state index is 3.53. The van der Waals surface area contributed by atoms with Gasteiger partial charge >= 0.3 is 0 Å². The van der Waals surface area contributed by atoms with Gasteiger partial charge in [-0.1, -0.05) is 18.2 Å². The van der Waals surface area contributed by atoms with Crippen LogP contribution in [0, 0.1) is 0 Å². The topological polar surface area (TPSA) is 18.5 Å². The van der Waals surface area contributed by atoms with E-state index in [1.807, 2.05) is 0 Å². The van der Waals surface area contributed by atoms with Crippen LogP contribution < -0.4 is 5.32 Å². The Bertz CT molecular complexity index is 438.